The van der Waals surface area contributed by atoms with Crippen molar-refractivity contribution in [2.45, 2.75) is 50.7 Å². The minimum atomic E-state index is 0.419. The van der Waals surface area contributed by atoms with Crippen molar-refractivity contribution in [3.63, 3.8) is 0 Å². The fraction of sp³-hybridized carbons (Fsp3) is 1.00. The zero-order chi connectivity index (χ0) is 11.2. The highest BCUT2D eigenvalue weighted by atomic mass is 16.5. The standard InChI is InChI=1S/C13H25NO2/c1-15-10-12-7-13(8-14-12)16-9-11-5-3-2-4-6-11/h11-14H,2-10H2,1H3/t12-,13-/m0/s1. The van der Waals surface area contributed by atoms with E-state index in [1.54, 1.807) is 7.11 Å². The largest absolute Gasteiger partial charge is 0.383 e. The summed E-state index contributed by atoms with van der Waals surface area (Å²) < 4.78 is 11.2. The van der Waals surface area contributed by atoms with Crippen molar-refractivity contribution in [3.05, 3.63) is 0 Å². The fourth-order valence-corrected chi connectivity index (χ4v) is 2.86. The predicted molar refractivity (Wildman–Crippen MR) is 64.6 cm³/mol. The Bertz CT molecular complexity index is 192. The topological polar surface area (TPSA) is 30.5 Å². The van der Waals surface area contributed by atoms with E-state index in [2.05, 4.69) is 5.32 Å². The molecule has 0 radical (unpaired) electrons. The number of hydrogen-bond donors (Lipinski definition) is 1. The van der Waals surface area contributed by atoms with Crippen LogP contribution in [-0.2, 0) is 9.47 Å². The molecule has 0 aromatic rings. The summed E-state index contributed by atoms with van der Waals surface area (Å²) in [7, 11) is 1.76. The molecule has 2 aliphatic rings. The summed E-state index contributed by atoms with van der Waals surface area (Å²) in [5.74, 6) is 0.829. The van der Waals surface area contributed by atoms with Crippen molar-refractivity contribution >= 4 is 0 Å². The highest BCUT2D eigenvalue weighted by Gasteiger charge is 2.25. The number of ether oxygens (including phenoxy) is 2. The Labute approximate surface area is 98.9 Å². The molecule has 16 heavy (non-hydrogen) atoms. The molecule has 2 fully saturated rings. The summed E-state index contributed by atoms with van der Waals surface area (Å²) in [5, 5.41) is 3.45. The second-order valence-corrected chi connectivity index (χ2v) is 5.26. The van der Waals surface area contributed by atoms with E-state index in [0.29, 0.717) is 12.1 Å². The van der Waals surface area contributed by atoms with Crippen LogP contribution in [0.25, 0.3) is 0 Å². The first kappa shape index (κ1) is 12.3. The average molecular weight is 227 g/mol. The SMILES string of the molecule is COC[C@@H]1C[C@H](OCC2CCCCC2)CN1. The lowest BCUT2D eigenvalue weighted by atomic mass is 9.90. The lowest BCUT2D eigenvalue weighted by Gasteiger charge is -2.23. The van der Waals surface area contributed by atoms with Crippen LogP contribution in [0.4, 0.5) is 0 Å². The van der Waals surface area contributed by atoms with Crippen LogP contribution < -0.4 is 5.32 Å². The van der Waals surface area contributed by atoms with Crippen LogP contribution in [0.5, 0.6) is 0 Å². The monoisotopic (exact) mass is 227 g/mol. The van der Waals surface area contributed by atoms with E-state index in [0.717, 1.165) is 32.1 Å². The molecule has 0 aromatic heterocycles. The molecule has 1 heterocycles. The van der Waals surface area contributed by atoms with Gasteiger partial charge in [-0.2, -0.15) is 0 Å². The van der Waals surface area contributed by atoms with Gasteiger partial charge in [0.25, 0.3) is 0 Å². The van der Waals surface area contributed by atoms with Crippen LogP contribution in [0.1, 0.15) is 38.5 Å². The summed E-state index contributed by atoms with van der Waals surface area (Å²) >= 11 is 0. The van der Waals surface area contributed by atoms with Gasteiger partial charge in [-0.3, -0.25) is 0 Å². The molecule has 1 aliphatic heterocycles. The van der Waals surface area contributed by atoms with Crippen LogP contribution in [0.2, 0.25) is 0 Å². The average Bonchev–Trinajstić information content (AvgIpc) is 2.76. The van der Waals surface area contributed by atoms with Gasteiger partial charge in [-0.05, 0) is 25.2 Å². The van der Waals surface area contributed by atoms with Gasteiger partial charge in [0.1, 0.15) is 0 Å². The third-order valence-corrected chi connectivity index (χ3v) is 3.84. The minimum absolute atomic E-state index is 0.419. The van der Waals surface area contributed by atoms with Gasteiger partial charge in [0, 0.05) is 26.3 Å². The van der Waals surface area contributed by atoms with Crippen LogP contribution in [0.3, 0.4) is 0 Å². The third kappa shape index (κ3) is 3.72. The smallest absolute Gasteiger partial charge is 0.0715 e. The quantitative estimate of drug-likeness (QED) is 0.779. The van der Waals surface area contributed by atoms with Gasteiger partial charge in [-0.25, -0.2) is 0 Å². The predicted octanol–water partition coefficient (Wildman–Crippen LogP) is 1.96. The van der Waals surface area contributed by atoms with Crippen molar-refractivity contribution < 1.29 is 9.47 Å². The van der Waals surface area contributed by atoms with Crippen LogP contribution in [0, 0.1) is 5.92 Å². The number of hydrogen-bond acceptors (Lipinski definition) is 3. The Morgan fingerprint density at radius 3 is 2.69 bits per heavy atom. The zero-order valence-corrected chi connectivity index (χ0v) is 10.4. The maximum atomic E-state index is 6.00. The van der Waals surface area contributed by atoms with E-state index in [-0.39, 0.29) is 0 Å². The van der Waals surface area contributed by atoms with Gasteiger partial charge in [0.2, 0.25) is 0 Å². The van der Waals surface area contributed by atoms with Crippen molar-refractivity contribution in [3.8, 4) is 0 Å². The Balaban J connectivity index is 1.59. The second-order valence-electron chi connectivity index (χ2n) is 5.26. The van der Waals surface area contributed by atoms with Crippen LogP contribution in [-0.4, -0.2) is 39.0 Å². The lowest BCUT2D eigenvalue weighted by molar-refractivity contribution is 0.0292. The summed E-state index contributed by atoms with van der Waals surface area (Å²) in [6, 6.07) is 0.501. The third-order valence-electron chi connectivity index (χ3n) is 3.84. The molecule has 0 amide bonds. The van der Waals surface area contributed by atoms with Gasteiger partial charge in [-0.1, -0.05) is 19.3 Å². The summed E-state index contributed by atoms with van der Waals surface area (Å²) in [4.78, 5) is 0. The molecule has 0 bridgehead atoms. The fourth-order valence-electron chi connectivity index (χ4n) is 2.86. The van der Waals surface area contributed by atoms with Crippen molar-refractivity contribution in [2.24, 2.45) is 5.92 Å². The molecule has 0 spiro atoms. The summed E-state index contributed by atoms with van der Waals surface area (Å²) in [6.07, 6.45) is 8.52. The second kappa shape index (κ2) is 6.58. The highest BCUT2D eigenvalue weighted by molar-refractivity contribution is 4.82. The summed E-state index contributed by atoms with van der Waals surface area (Å²) in [5.41, 5.74) is 0. The first-order valence-electron chi connectivity index (χ1n) is 6.72. The van der Waals surface area contributed by atoms with E-state index in [1.165, 1.54) is 32.1 Å². The number of rotatable bonds is 5. The van der Waals surface area contributed by atoms with Gasteiger partial charge in [0.15, 0.2) is 0 Å². The number of nitrogens with one attached hydrogen (secondary N) is 1. The minimum Gasteiger partial charge on any atom is -0.383 e. The van der Waals surface area contributed by atoms with Crippen molar-refractivity contribution in [1.82, 2.24) is 5.32 Å². The molecule has 2 atom stereocenters. The Kier molecular flexibility index (Phi) is 5.07. The maximum absolute atomic E-state index is 6.00. The van der Waals surface area contributed by atoms with Crippen molar-refractivity contribution in [1.29, 1.82) is 0 Å². The van der Waals surface area contributed by atoms with Crippen LogP contribution in [0.15, 0.2) is 0 Å². The first-order chi connectivity index (χ1) is 7.88. The van der Waals surface area contributed by atoms with Gasteiger partial charge in [-0.15, -0.1) is 0 Å². The van der Waals surface area contributed by atoms with E-state index >= 15 is 0 Å². The van der Waals surface area contributed by atoms with Gasteiger partial charge >= 0.3 is 0 Å². The lowest BCUT2D eigenvalue weighted by Crippen LogP contribution is -2.26. The molecule has 1 N–H and O–H groups in total. The number of methoxy groups -OCH3 is 1. The van der Waals surface area contributed by atoms with Crippen LogP contribution >= 0.6 is 0 Å². The highest BCUT2D eigenvalue weighted by Crippen LogP contribution is 2.24. The van der Waals surface area contributed by atoms with Gasteiger partial charge in [0.05, 0.1) is 12.7 Å². The van der Waals surface area contributed by atoms with Crippen molar-refractivity contribution in [2.75, 3.05) is 26.9 Å². The Morgan fingerprint density at radius 1 is 1.12 bits per heavy atom. The molecule has 1 saturated heterocycles. The molecular weight excluding hydrogens is 202 g/mol. The van der Waals surface area contributed by atoms with Gasteiger partial charge < -0.3 is 14.8 Å². The normalized spacial score (nSPS) is 32.1. The molecular formula is C13H25NO2. The molecule has 0 unspecified atom stereocenters. The van der Waals surface area contributed by atoms with E-state index in [4.69, 9.17) is 9.47 Å². The molecule has 3 nitrogen and oxygen atoms in total. The Morgan fingerprint density at radius 2 is 1.94 bits per heavy atom. The maximum Gasteiger partial charge on any atom is 0.0715 e. The van der Waals surface area contributed by atoms with E-state index in [9.17, 15) is 0 Å². The summed E-state index contributed by atoms with van der Waals surface area (Å²) in [6.45, 7) is 2.79. The molecule has 1 aliphatic carbocycles. The van der Waals surface area contributed by atoms with E-state index in [1.807, 2.05) is 0 Å². The molecule has 3 heteroatoms. The molecule has 2 rings (SSSR count). The molecule has 94 valence electrons. The Hall–Kier alpha value is -0.120. The first-order valence-corrected chi connectivity index (χ1v) is 6.72. The molecule has 0 aromatic carbocycles. The molecule has 1 saturated carbocycles. The zero-order valence-electron chi connectivity index (χ0n) is 10.4. The van der Waals surface area contributed by atoms with E-state index < -0.39 is 0 Å².